The Labute approximate surface area is 210 Å². The van der Waals surface area contributed by atoms with Gasteiger partial charge in [-0.25, -0.2) is 13.2 Å². The highest BCUT2D eigenvalue weighted by Crippen LogP contribution is 2.60. The van der Waals surface area contributed by atoms with Crippen LogP contribution in [-0.2, 0) is 19.6 Å². The fourth-order valence-corrected chi connectivity index (χ4v) is 7.97. The number of carbonyl (C=O) groups is 2. The van der Waals surface area contributed by atoms with Crippen molar-refractivity contribution in [3.63, 3.8) is 0 Å². The highest BCUT2D eigenvalue weighted by atomic mass is 32.2. The Hall–Kier alpha value is -3.07. The Bertz CT molecular complexity index is 1270. The summed E-state index contributed by atoms with van der Waals surface area (Å²) in [7, 11) is -3.87. The number of ketones is 1. The van der Waals surface area contributed by atoms with Crippen LogP contribution in [0.1, 0.15) is 48.9 Å². The number of rotatable bonds is 7. The Kier molecular flexibility index (Phi) is 5.70. The number of hydrogen-bond donors (Lipinski definition) is 1. The van der Waals surface area contributed by atoms with E-state index in [9.17, 15) is 18.0 Å². The Morgan fingerprint density at radius 1 is 0.889 bits per heavy atom. The van der Waals surface area contributed by atoms with Crippen LogP contribution in [0, 0.1) is 23.2 Å². The summed E-state index contributed by atoms with van der Waals surface area (Å²) in [5.41, 5.74) is 0.257. The van der Waals surface area contributed by atoms with Gasteiger partial charge in [-0.2, -0.15) is 0 Å². The second-order valence-electron chi connectivity index (χ2n) is 10.7. The zero-order valence-electron chi connectivity index (χ0n) is 19.9. The predicted molar refractivity (Wildman–Crippen MR) is 131 cm³/mol. The lowest BCUT2D eigenvalue weighted by Crippen LogP contribution is -2.51. The van der Waals surface area contributed by atoms with Gasteiger partial charge in [-0.05, 0) is 92.7 Å². The first-order valence-corrected chi connectivity index (χ1v) is 14.0. The molecule has 0 radical (unpaired) electrons. The molecule has 0 amide bonds. The van der Waals surface area contributed by atoms with E-state index >= 15 is 0 Å². The molecule has 1 heterocycles. The van der Waals surface area contributed by atoms with Crippen molar-refractivity contribution in [1.29, 1.82) is 0 Å². The molecule has 5 aliphatic rings. The molecule has 1 N–H and O–H groups in total. The van der Waals surface area contributed by atoms with E-state index in [1.165, 1.54) is 55.7 Å². The lowest BCUT2D eigenvalue weighted by molar-refractivity contribution is -0.147. The van der Waals surface area contributed by atoms with E-state index in [-0.39, 0.29) is 28.3 Å². The van der Waals surface area contributed by atoms with Gasteiger partial charge in [0.2, 0.25) is 0 Å². The van der Waals surface area contributed by atoms with Crippen molar-refractivity contribution in [3.8, 4) is 11.5 Å². The van der Waals surface area contributed by atoms with Crippen molar-refractivity contribution in [2.24, 2.45) is 23.2 Å². The van der Waals surface area contributed by atoms with Crippen LogP contribution in [0.25, 0.3) is 0 Å². The fourth-order valence-electron chi connectivity index (χ4n) is 6.90. The van der Waals surface area contributed by atoms with Crippen LogP contribution in [0.15, 0.2) is 47.4 Å². The number of benzene rings is 2. The van der Waals surface area contributed by atoms with Crippen molar-refractivity contribution in [2.75, 3.05) is 24.5 Å². The van der Waals surface area contributed by atoms with E-state index < -0.39 is 16.0 Å². The average Bonchev–Trinajstić information content (AvgIpc) is 2.86. The summed E-state index contributed by atoms with van der Waals surface area (Å²) in [6.07, 6.45) is 6.56. The van der Waals surface area contributed by atoms with E-state index in [1.54, 1.807) is 6.07 Å². The molecule has 4 aliphatic carbocycles. The van der Waals surface area contributed by atoms with Crippen LogP contribution in [0.3, 0.4) is 0 Å². The molecular weight excluding hydrogens is 482 g/mol. The van der Waals surface area contributed by atoms with Gasteiger partial charge in [-0.3, -0.25) is 9.52 Å². The van der Waals surface area contributed by atoms with Gasteiger partial charge < -0.3 is 14.2 Å². The first kappa shape index (κ1) is 23.3. The first-order chi connectivity index (χ1) is 17.3. The molecule has 4 bridgehead atoms. The van der Waals surface area contributed by atoms with Gasteiger partial charge in [0.25, 0.3) is 10.0 Å². The molecule has 4 saturated carbocycles. The van der Waals surface area contributed by atoms with Gasteiger partial charge in [0.15, 0.2) is 23.9 Å². The van der Waals surface area contributed by atoms with Gasteiger partial charge >= 0.3 is 5.97 Å². The average molecular weight is 512 g/mol. The number of hydrogen-bond acceptors (Lipinski definition) is 7. The van der Waals surface area contributed by atoms with Crippen LogP contribution >= 0.6 is 0 Å². The monoisotopic (exact) mass is 511 g/mol. The summed E-state index contributed by atoms with van der Waals surface area (Å²) in [4.78, 5) is 25.7. The van der Waals surface area contributed by atoms with Gasteiger partial charge in [-0.15, -0.1) is 0 Å². The first-order valence-electron chi connectivity index (χ1n) is 12.5. The molecule has 9 heteroatoms. The maximum absolute atomic E-state index is 13.1. The maximum atomic E-state index is 13.1. The van der Waals surface area contributed by atoms with Crippen molar-refractivity contribution in [2.45, 2.75) is 43.4 Å². The molecular formula is C27H29NO7S. The molecule has 4 fully saturated rings. The molecule has 0 spiro atoms. The zero-order chi connectivity index (χ0) is 24.9. The summed E-state index contributed by atoms with van der Waals surface area (Å²) < 4.78 is 44.4. The molecule has 2 aromatic rings. The minimum atomic E-state index is -3.87. The zero-order valence-corrected chi connectivity index (χ0v) is 20.7. The van der Waals surface area contributed by atoms with E-state index in [0.29, 0.717) is 48.2 Å². The molecule has 0 aromatic heterocycles. The Balaban J connectivity index is 1.07. The molecule has 36 heavy (non-hydrogen) atoms. The quantitative estimate of drug-likeness (QED) is 0.555. The van der Waals surface area contributed by atoms with Gasteiger partial charge in [0.1, 0.15) is 13.2 Å². The third kappa shape index (κ3) is 4.34. The molecule has 190 valence electrons. The molecule has 0 atom stereocenters. The number of sulfonamides is 1. The number of fused-ring (bicyclic) bond motifs is 1. The van der Waals surface area contributed by atoms with E-state index in [2.05, 4.69) is 4.72 Å². The maximum Gasteiger partial charge on any atom is 0.338 e. The minimum Gasteiger partial charge on any atom is -0.486 e. The molecule has 0 unspecified atom stereocenters. The molecule has 1 aliphatic heterocycles. The number of anilines is 1. The van der Waals surface area contributed by atoms with Crippen molar-refractivity contribution < 1.29 is 32.2 Å². The van der Waals surface area contributed by atoms with E-state index in [0.717, 1.165) is 19.3 Å². The van der Waals surface area contributed by atoms with Crippen molar-refractivity contribution >= 4 is 27.5 Å². The lowest BCUT2D eigenvalue weighted by atomic mass is 9.48. The molecule has 0 saturated heterocycles. The van der Waals surface area contributed by atoms with Crippen molar-refractivity contribution in [1.82, 2.24) is 0 Å². The smallest absolute Gasteiger partial charge is 0.338 e. The third-order valence-electron chi connectivity index (χ3n) is 8.16. The van der Waals surface area contributed by atoms with Gasteiger partial charge in [-0.1, -0.05) is 0 Å². The third-order valence-corrected chi connectivity index (χ3v) is 9.54. The molecule has 7 rings (SSSR count). The number of carbonyl (C=O) groups excluding carboxylic acids is 2. The summed E-state index contributed by atoms with van der Waals surface area (Å²) in [6, 6.07) is 10.4. The van der Waals surface area contributed by atoms with Crippen LogP contribution < -0.4 is 14.2 Å². The number of nitrogens with one attached hydrogen (secondary N) is 1. The summed E-state index contributed by atoms with van der Waals surface area (Å²) >= 11 is 0. The predicted octanol–water partition coefficient (Wildman–Crippen LogP) is 4.20. The molecule has 8 nitrogen and oxygen atoms in total. The van der Waals surface area contributed by atoms with Crippen molar-refractivity contribution in [3.05, 3.63) is 48.0 Å². The van der Waals surface area contributed by atoms with Gasteiger partial charge in [0, 0.05) is 17.2 Å². The highest BCUT2D eigenvalue weighted by molar-refractivity contribution is 7.92. The number of ether oxygens (including phenoxy) is 3. The van der Waals surface area contributed by atoms with Crippen LogP contribution in [0.2, 0.25) is 0 Å². The summed E-state index contributed by atoms with van der Waals surface area (Å²) in [6.45, 7) is 0.571. The van der Waals surface area contributed by atoms with Gasteiger partial charge in [0.05, 0.1) is 10.5 Å². The van der Waals surface area contributed by atoms with Crippen LogP contribution in [-0.4, -0.2) is 40.0 Å². The lowest BCUT2D eigenvalue weighted by Gasteiger charge is -2.55. The van der Waals surface area contributed by atoms with E-state index in [4.69, 9.17) is 14.2 Å². The fraction of sp³-hybridized carbons (Fsp3) is 0.481. The second-order valence-corrected chi connectivity index (χ2v) is 12.4. The standard InChI is InChI=1S/C27H29NO7S/c29-25(27-13-17-9-18(14-27)11-19(10-17)15-27)16-35-26(30)20-1-3-21(4-2-20)28-36(31,32)22-5-6-23-24(12-22)34-8-7-33-23/h1-6,12,17-19,28H,7-11,13-16H2. The minimum absolute atomic E-state index is 0.0402. The summed E-state index contributed by atoms with van der Waals surface area (Å²) in [5, 5.41) is 0. The normalized spacial score (nSPS) is 27.9. The van der Waals surface area contributed by atoms with E-state index in [1.807, 2.05) is 0 Å². The Morgan fingerprint density at radius 2 is 1.50 bits per heavy atom. The second kappa shape index (κ2) is 8.80. The largest absolute Gasteiger partial charge is 0.486 e. The topological polar surface area (TPSA) is 108 Å². The van der Waals surface area contributed by atoms with Crippen LogP contribution in [0.5, 0.6) is 11.5 Å². The molecule has 2 aromatic carbocycles. The number of esters is 1. The van der Waals surface area contributed by atoms with Crippen LogP contribution in [0.4, 0.5) is 5.69 Å². The Morgan fingerprint density at radius 3 is 2.14 bits per heavy atom. The highest BCUT2D eigenvalue weighted by Gasteiger charge is 2.54. The summed E-state index contributed by atoms with van der Waals surface area (Å²) in [5.74, 6) is 2.29. The SMILES string of the molecule is O=C(OCC(=O)C12CC3CC(CC(C3)C1)C2)c1ccc(NS(=O)(=O)c2ccc3c(c2)OCCO3)cc1. The number of Topliss-reactive ketones (excluding diaryl/α,β-unsaturated/α-hetero) is 1.